The van der Waals surface area contributed by atoms with Gasteiger partial charge in [-0.3, -0.25) is 9.59 Å². The van der Waals surface area contributed by atoms with E-state index in [2.05, 4.69) is 32.6 Å². The molecule has 0 bridgehead atoms. The van der Waals surface area contributed by atoms with Gasteiger partial charge in [0.05, 0.1) is 6.61 Å². The maximum atomic E-state index is 12.9. The van der Waals surface area contributed by atoms with E-state index in [1.165, 1.54) is 161 Å². The number of carbonyl (C=O) groups excluding carboxylic acids is 2. The number of likely N-dealkylation sites (tertiary alicyclic amines) is 1. The van der Waals surface area contributed by atoms with Crippen molar-refractivity contribution < 1.29 is 19.1 Å². The van der Waals surface area contributed by atoms with Crippen LogP contribution in [0.1, 0.15) is 240 Å². The summed E-state index contributed by atoms with van der Waals surface area (Å²) in [6, 6.07) is 0.631. The summed E-state index contributed by atoms with van der Waals surface area (Å²) in [5, 5.41) is 0. The van der Waals surface area contributed by atoms with Crippen molar-refractivity contribution in [1.29, 1.82) is 0 Å². The summed E-state index contributed by atoms with van der Waals surface area (Å²) in [7, 11) is 0. The fourth-order valence-corrected chi connectivity index (χ4v) is 8.00. The van der Waals surface area contributed by atoms with Crippen LogP contribution in [0, 0.1) is 5.92 Å². The van der Waals surface area contributed by atoms with Gasteiger partial charge in [-0.25, -0.2) is 0 Å². The van der Waals surface area contributed by atoms with Gasteiger partial charge in [-0.1, -0.05) is 163 Å². The van der Waals surface area contributed by atoms with Crippen molar-refractivity contribution in [3.8, 4) is 0 Å². The Bertz CT molecular complexity index is 741. The quantitative estimate of drug-likeness (QED) is 0.0480. The summed E-state index contributed by atoms with van der Waals surface area (Å²) in [6.07, 6.45) is 39.5. The van der Waals surface area contributed by atoms with Crippen LogP contribution in [-0.4, -0.2) is 48.7 Å². The minimum absolute atomic E-state index is 0.00639. The van der Waals surface area contributed by atoms with E-state index in [0.717, 1.165) is 57.4 Å². The molecule has 1 rings (SSSR count). The van der Waals surface area contributed by atoms with Gasteiger partial charge >= 0.3 is 11.9 Å². The van der Waals surface area contributed by atoms with E-state index >= 15 is 0 Å². The zero-order valence-electron chi connectivity index (χ0n) is 34.3. The van der Waals surface area contributed by atoms with Crippen molar-refractivity contribution in [2.24, 2.45) is 5.92 Å². The molecule has 0 aromatic heterocycles. The van der Waals surface area contributed by atoms with Crippen LogP contribution in [0.5, 0.6) is 0 Å². The second-order valence-electron chi connectivity index (χ2n) is 15.9. The number of hydrogen-bond acceptors (Lipinski definition) is 5. The van der Waals surface area contributed by atoms with Crippen molar-refractivity contribution in [3.63, 3.8) is 0 Å². The average molecular weight is 706 g/mol. The fraction of sp³-hybridized carbons (Fsp3) is 0.956. The van der Waals surface area contributed by atoms with Crippen LogP contribution < -0.4 is 0 Å². The Morgan fingerprint density at radius 3 is 1.58 bits per heavy atom. The molecule has 0 aliphatic carbocycles. The molecule has 2 unspecified atom stereocenters. The summed E-state index contributed by atoms with van der Waals surface area (Å²) in [5.41, 5.74) is 0. The van der Waals surface area contributed by atoms with Gasteiger partial charge in [-0.05, 0) is 83.2 Å². The Morgan fingerprint density at radius 2 is 1.04 bits per heavy atom. The molecule has 0 N–H and O–H groups in total. The first-order valence-corrected chi connectivity index (χ1v) is 22.6. The Kier molecular flexibility index (Phi) is 32.8. The number of ether oxygens (including phenoxy) is 2. The number of nitrogens with zero attached hydrogens (tertiary/aromatic N) is 1. The molecule has 296 valence electrons. The van der Waals surface area contributed by atoms with Gasteiger partial charge in [0, 0.05) is 18.9 Å². The second kappa shape index (κ2) is 35.0. The lowest BCUT2D eigenvalue weighted by Gasteiger charge is -2.39. The third-order valence-electron chi connectivity index (χ3n) is 11.3. The number of carbonyl (C=O) groups is 2. The monoisotopic (exact) mass is 706 g/mol. The lowest BCUT2D eigenvalue weighted by Crippen LogP contribution is -2.42. The van der Waals surface area contributed by atoms with Crippen LogP contribution >= 0.6 is 0 Å². The van der Waals surface area contributed by atoms with Crippen molar-refractivity contribution in [1.82, 2.24) is 4.90 Å². The van der Waals surface area contributed by atoms with Crippen LogP contribution in [0.2, 0.25) is 0 Å². The second-order valence-corrected chi connectivity index (χ2v) is 15.9. The van der Waals surface area contributed by atoms with Crippen LogP contribution in [0.15, 0.2) is 0 Å². The van der Waals surface area contributed by atoms with E-state index in [4.69, 9.17) is 9.47 Å². The molecule has 0 aromatic rings. The minimum atomic E-state index is -0.00639. The molecule has 0 aromatic carbocycles. The van der Waals surface area contributed by atoms with E-state index in [0.29, 0.717) is 25.5 Å². The predicted octanol–water partition coefficient (Wildman–Crippen LogP) is 13.7. The third kappa shape index (κ3) is 27.5. The molecule has 1 aliphatic heterocycles. The van der Waals surface area contributed by atoms with Crippen LogP contribution in [0.3, 0.4) is 0 Å². The number of hydrogen-bond donors (Lipinski definition) is 0. The molecule has 0 spiro atoms. The summed E-state index contributed by atoms with van der Waals surface area (Å²) in [5.74, 6) is 0.790. The van der Waals surface area contributed by atoms with Gasteiger partial charge in [0.1, 0.15) is 6.10 Å². The van der Waals surface area contributed by atoms with Gasteiger partial charge in [0.15, 0.2) is 0 Å². The highest BCUT2D eigenvalue weighted by Crippen LogP contribution is 2.30. The van der Waals surface area contributed by atoms with Crippen molar-refractivity contribution >= 4 is 11.9 Å². The average Bonchev–Trinajstić information content (AvgIpc) is 3.12. The zero-order valence-corrected chi connectivity index (χ0v) is 34.3. The zero-order chi connectivity index (χ0) is 36.3. The Hall–Kier alpha value is -1.10. The SMILES string of the molecule is CCCCCCCCCCCOC(=O)CCCCC1CC(CCCCC(=O)OC(CCCCCCCC)CCCCCCCC)CCN1CC. The largest absolute Gasteiger partial charge is 0.466 e. The van der Waals surface area contributed by atoms with Crippen molar-refractivity contribution in [3.05, 3.63) is 0 Å². The summed E-state index contributed by atoms with van der Waals surface area (Å²) in [4.78, 5) is 27.8. The smallest absolute Gasteiger partial charge is 0.306 e. The molecule has 0 saturated carbocycles. The summed E-state index contributed by atoms with van der Waals surface area (Å²) < 4.78 is 11.6. The van der Waals surface area contributed by atoms with Gasteiger partial charge < -0.3 is 14.4 Å². The molecule has 1 aliphatic rings. The Labute approximate surface area is 312 Å². The van der Waals surface area contributed by atoms with Gasteiger partial charge in [0.25, 0.3) is 0 Å². The number of esters is 2. The van der Waals surface area contributed by atoms with Crippen molar-refractivity contribution in [2.45, 2.75) is 252 Å². The fourth-order valence-electron chi connectivity index (χ4n) is 8.00. The van der Waals surface area contributed by atoms with E-state index in [-0.39, 0.29) is 18.0 Å². The molecular weight excluding hydrogens is 618 g/mol. The van der Waals surface area contributed by atoms with E-state index < -0.39 is 0 Å². The highest BCUT2D eigenvalue weighted by atomic mass is 16.5. The Balaban J connectivity index is 2.24. The first-order chi connectivity index (χ1) is 24.5. The molecule has 0 radical (unpaired) electrons. The molecule has 5 heteroatoms. The normalized spacial score (nSPS) is 16.7. The van der Waals surface area contributed by atoms with Crippen molar-refractivity contribution in [2.75, 3.05) is 19.7 Å². The highest BCUT2D eigenvalue weighted by Gasteiger charge is 2.27. The highest BCUT2D eigenvalue weighted by molar-refractivity contribution is 5.69. The van der Waals surface area contributed by atoms with E-state index in [9.17, 15) is 9.59 Å². The number of rotatable bonds is 36. The molecule has 50 heavy (non-hydrogen) atoms. The maximum absolute atomic E-state index is 12.9. The van der Waals surface area contributed by atoms with Gasteiger partial charge in [0.2, 0.25) is 0 Å². The molecular formula is C45H87NO4. The lowest BCUT2D eigenvalue weighted by molar-refractivity contribution is -0.150. The van der Waals surface area contributed by atoms with Crippen LogP contribution in [0.4, 0.5) is 0 Å². The van der Waals surface area contributed by atoms with E-state index in [1.807, 2.05) is 0 Å². The third-order valence-corrected chi connectivity index (χ3v) is 11.3. The topological polar surface area (TPSA) is 55.8 Å². The molecule has 2 atom stereocenters. The van der Waals surface area contributed by atoms with Crippen LogP contribution in [0.25, 0.3) is 0 Å². The predicted molar refractivity (Wildman–Crippen MR) is 215 cm³/mol. The standard InChI is InChI=1S/C45H87NO4/c1-5-9-12-15-18-19-20-23-30-39-49-44(47)35-29-27-32-42-40-41(37-38-46(42)8-4)31-26-28-36-45(48)50-43(33-24-21-16-13-10-6-2)34-25-22-17-14-11-7-3/h41-43H,5-40H2,1-4H3. The summed E-state index contributed by atoms with van der Waals surface area (Å²) in [6.45, 7) is 12.0. The van der Waals surface area contributed by atoms with Crippen LogP contribution in [-0.2, 0) is 19.1 Å². The Morgan fingerprint density at radius 1 is 0.560 bits per heavy atom. The molecule has 5 nitrogen and oxygen atoms in total. The molecule has 1 saturated heterocycles. The lowest BCUT2D eigenvalue weighted by atomic mass is 9.85. The molecule has 1 heterocycles. The first kappa shape index (κ1) is 46.9. The van der Waals surface area contributed by atoms with Gasteiger partial charge in [-0.15, -0.1) is 0 Å². The first-order valence-electron chi connectivity index (χ1n) is 22.6. The van der Waals surface area contributed by atoms with Gasteiger partial charge in [-0.2, -0.15) is 0 Å². The number of unbranched alkanes of at least 4 members (excludes halogenated alkanes) is 20. The molecule has 1 fully saturated rings. The van der Waals surface area contributed by atoms with E-state index in [1.54, 1.807) is 0 Å². The summed E-state index contributed by atoms with van der Waals surface area (Å²) >= 11 is 0. The number of piperidine rings is 1. The minimum Gasteiger partial charge on any atom is -0.466 e. The maximum Gasteiger partial charge on any atom is 0.306 e. The molecule has 0 amide bonds.